The topological polar surface area (TPSA) is 114 Å². The number of piperazine rings is 1. The zero-order chi connectivity index (χ0) is 25.5. The maximum atomic E-state index is 13.1. The van der Waals surface area contributed by atoms with Crippen molar-refractivity contribution in [1.82, 2.24) is 14.3 Å². The molecule has 1 saturated heterocycles. The van der Waals surface area contributed by atoms with E-state index in [0.717, 1.165) is 5.82 Å². The molecular weight excluding hydrogens is 482 g/mol. The van der Waals surface area contributed by atoms with Crippen LogP contribution >= 0.6 is 0 Å². The van der Waals surface area contributed by atoms with Gasteiger partial charge in [0.25, 0.3) is 5.91 Å². The Hall–Kier alpha value is -3.70. The molecule has 1 N–H and O–H groups in total. The number of hydrogen-bond donors (Lipinski definition) is 1. The van der Waals surface area contributed by atoms with Crippen LogP contribution in [0.1, 0.15) is 24.2 Å². The smallest absolute Gasteiger partial charge is 0.255 e. The van der Waals surface area contributed by atoms with Crippen molar-refractivity contribution in [3.05, 3.63) is 66.6 Å². The number of nitrogens with one attached hydrogen (secondary N) is 1. The molecule has 2 heterocycles. The van der Waals surface area contributed by atoms with Gasteiger partial charge in [-0.3, -0.25) is 9.78 Å². The molecular formula is C25H29N5O5S. The third-order valence-corrected chi connectivity index (χ3v) is 7.58. The summed E-state index contributed by atoms with van der Waals surface area (Å²) < 4.78 is 38.9. The van der Waals surface area contributed by atoms with Gasteiger partial charge in [-0.15, -0.1) is 0 Å². The molecule has 10 nitrogen and oxygen atoms in total. The zero-order valence-corrected chi connectivity index (χ0v) is 21.1. The fourth-order valence-corrected chi connectivity index (χ4v) is 5.29. The van der Waals surface area contributed by atoms with Gasteiger partial charge in [0, 0.05) is 49.8 Å². The fraction of sp³-hybridized carbons (Fsp3) is 0.320. The molecule has 1 amide bonds. The summed E-state index contributed by atoms with van der Waals surface area (Å²) in [6, 6.07) is 11.2. The molecule has 3 aromatic rings. The second kappa shape index (κ2) is 11.4. The van der Waals surface area contributed by atoms with Gasteiger partial charge in [0.2, 0.25) is 10.0 Å². The van der Waals surface area contributed by atoms with Crippen LogP contribution in [0.2, 0.25) is 0 Å². The van der Waals surface area contributed by atoms with Crippen LogP contribution < -0.4 is 19.7 Å². The summed E-state index contributed by atoms with van der Waals surface area (Å²) in [5.74, 6) is 1.46. The molecule has 11 heteroatoms. The number of rotatable bonds is 9. The van der Waals surface area contributed by atoms with Crippen molar-refractivity contribution < 1.29 is 22.7 Å². The molecule has 2 aromatic carbocycles. The lowest BCUT2D eigenvalue weighted by Crippen LogP contribution is -2.48. The van der Waals surface area contributed by atoms with E-state index < -0.39 is 10.0 Å². The van der Waals surface area contributed by atoms with Crippen LogP contribution in [-0.4, -0.2) is 68.0 Å². The lowest BCUT2D eigenvalue weighted by Gasteiger charge is -2.34. The Balaban J connectivity index is 1.40. The summed E-state index contributed by atoms with van der Waals surface area (Å²) in [6.07, 6.45) is 4.89. The van der Waals surface area contributed by atoms with Crippen molar-refractivity contribution in [2.45, 2.75) is 18.7 Å². The number of hydrogen-bond acceptors (Lipinski definition) is 8. The van der Waals surface area contributed by atoms with Crippen LogP contribution in [0.15, 0.2) is 66.0 Å². The number of nitrogens with zero attached hydrogens (tertiary/aromatic N) is 4. The molecule has 0 spiro atoms. The first kappa shape index (κ1) is 25.4. The van der Waals surface area contributed by atoms with E-state index in [1.54, 1.807) is 48.9 Å². The molecule has 36 heavy (non-hydrogen) atoms. The molecule has 0 unspecified atom stereocenters. The number of carbonyl (C=O) groups is 1. The summed E-state index contributed by atoms with van der Waals surface area (Å²) in [5.41, 5.74) is 0.887. The molecule has 1 aliphatic heterocycles. The predicted octanol–water partition coefficient (Wildman–Crippen LogP) is 3.04. The van der Waals surface area contributed by atoms with E-state index in [9.17, 15) is 13.2 Å². The minimum Gasteiger partial charge on any atom is -0.490 e. The highest BCUT2D eigenvalue weighted by Gasteiger charge is 2.29. The van der Waals surface area contributed by atoms with Crippen LogP contribution in [0, 0.1) is 0 Å². The van der Waals surface area contributed by atoms with Crippen LogP contribution in [0.3, 0.4) is 0 Å². The van der Waals surface area contributed by atoms with E-state index in [0.29, 0.717) is 62.1 Å². The Morgan fingerprint density at radius 3 is 2.28 bits per heavy atom. The lowest BCUT2D eigenvalue weighted by molar-refractivity contribution is 0.102. The Kier molecular flexibility index (Phi) is 8.01. The Labute approximate surface area is 210 Å². The monoisotopic (exact) mass is 511 g/mol. The number of ether oxygens (including phenoxy) is 2. The first-order valence-electron chi connectivity index (χ1n) is 11.7. The van der Waals surface area contributed by atoms with Gasteiger partial charge in [-0.25, -0.2) is 13.4 Å². The maximum absolute atomic E-state index is 13.1. The second-order valence-electron chi connectivity index (χ2n) is 7.96. The highest BCUT2D eigenvalue weighted by Crippen LogP contribution is 2.29. The van der Waals surface area contributed by atoms with Gasteiger partial charge in [-0.05, 0) is 56.3 Å². The number of amides is 1. The van der Waals surface area contributed by atoms with Crippen molar-refractivity contribution in [2.75, 3.05) is 49.6 Å². The zero-order valence-electron chi connectivity index (χ0n) is 20.3. The second-order valence-corrected chi connectivity index (χ2v) is 9.90. The number of aromatic nitrogens is 2. The SMILES string of the molecule is CCOc1ccc(C(=O)Nc2ccc(S(=O)(=O)N3CCN(c4cnccn4)CC3)cc2)cc1OCC. The van der Waals surface area contributed by atoms with E-state index >= 15 is 0 Å². The van der Waals surface area contributed by atoms with Gasteiger partial charge in [-0.2, -0.15) is 4.31 Å². The molecule has 190 valence electrons. The molecule has 0 saturated carbocycles. The van der Waals surface area contributed by atoms with Gasteiger partial charge in [0.15, 0.2) is 11.5 Å². The van der Waals surface area contributed by atoms with Crippen LogP contribution in [0.25, 0.3) is 0 Å². The summed E-state index contributed by atoms with van der Waals surface area (Å²) in [5, 5.41) is 2.80. The van der Waals surface area contributed by atoms with E-state index in [1.807, 2.05) is 18.7 Å². The van der Waals surface area contributed by atoms with Crippen molar-refractivity contribution >= 4 is 27.4 Å². The van der Waals surface area contributed by atoms with Crippen molar-refractivity contribution in [1.29, 1.82) is 0 Å². The predicted molar refractivity (Wildman–Crippen MR) is 136 cm³/mol. The Bertz CT molecular complexity index is 1280. The van der Waals surface area contributed by atoms with E-state index in [4.69, 9.17) is 9.47 Å². The number of benzene rings is 2. The quantitative estimate of drug-likeness (QED) is 0.466. The number of carbonyl (C=O) groups excluding carboxylic acids is 1. The molecule has 1 aliphatic rings. The van der Waals surface area contributed by atoms with Crippen molar-refractivity contribution in [3.63, 3.8) is 0 Å². The summed E-state index contributed by atoms with van der Waals surface area (Å²) in [6.45, 7) is 6.40. The summed E-state index contributed by atoms with van der Waals surface area (Å²) >= 11 is 0. The van der Waals surface area contributed by atoms with Gasteiger partial charge >= 0.3 is 0 Å². The summed E-state index contributed by atoms with van der Waals surface area (Å²) in [7, 11) is -3.66. The minimum absolute atomic E-state index is 0.174. The summed E-state index contributed by atoms with van der Waals surface area (Å²) in [4.78, 5) is 23.3. The first-order valence-corrected chi connectivity index (χ1v) is 13.2. The third-order valence-electron chi connectivity index (χ3n) is 5.67. The van der Waals surface area contributed by atoms with Crippen LogP contribution in [-0.2, 0) is 10.0 Å². The van der Waals surface area contributed by atoms with Crippen LogP contribution in [0.5, 0.6) is 11.5 Å². The molecule has 0 bridgehead atoms. The molecule has 0 aliphatic carbocycles. The van der Waals surface area contributed by atoms with Gasteiger partial charge in [0.05, 0.1) is 24.3 Å². The highest BCUT2D eigenvalue weighted by molar-refractivity contribution is 7.89. The number of anilines is 2. The highest BCUT2D eigenvalue weighted by atomic mass is 32.2. The first-order chi connectivity index (χ1) is 17.4. The van der Waals surface area contributed by atoms with Crippen molar-refractivity contribution in [3.8, 4) is 11.5 Å². The third kappa shape index (κ3) is 5.74. The molecule has 4 rings (SSSR count). The molecule has 0 radical (unpaired) electrons. The average Bonchev–Trinajstić information content (AvgIpc) is 2.91. The normalized spacial score (nSPS) is 14.3. The average molecular weight is 512 g/mol. The Morgan fingerprint density at radius 1 is 0.944 bits per heavy atom. The Morgan fingerprint density at radius 2 is 1.64 bits per heavy atom. The van der Waals surface area contributed by atoms with E-state index in [-0.39, 0.29) is 10.8 Å². The standard InChI is InChI=1S/C25H29N5O5S/c1-3-34-22-10-5-19(17-23(22)35-4-2)25(31)28-20-6-8-21(9-7-20)36(32,33)30-15-13-29(14-16-30)24-18-26-11-12-27-24/h5-12,17-18H,3-4,13-16H2,1-2H3,(H,28,31). The molecule has 1 aromatic heterocycles. The largest absolute Gasteiger partial charge is 0.490 e. The molecule has 1 fully saturated rings. The maximum Gasteiger partial charge on any atom is 0.255 e. The van der Waals surface area contributed by atoms with Crippen LogP contribution in [0.4, 0.5) is 11.5 Å². The van der Waals surface area contributed by atoms with Gasteiger partial charge in [-0.1, -0.05) is 0 Å². The van der Waals surface area contributed by atoms with Gasteiger partial charge < -0.3 is 19.7 Å². The minimum atomic E-state index is -3.66. The van der Waals surface area contributed by atoms with Crippen molar-refractivity contribution in [2.24, 2.45) is 0 Å². The lowest BCUT2D eigenvalue weighted by atomic mass is 10.2. The van der Waals surface area contributed by atoms with Gasteiger partial charge in [0.1, 0.15) is 5.82 Å². The molecule has 0 atom stereocenters. The number of sulfonamides is 1. The van der Waals surface area contributed by atoms with E-state index in [1.165, 1.54) is 16.4 Å². The fourth-order valence-electron chi connectivity index (χ4n) is 3.87. The van der Waals surface area contributed by atoms with E-state index in [2.05, 4.69) is 15.3 Å².